The molecule has 4 N–H and O–H groups in total. The van der Waals surface area contributed by atoms with E-state index in [-0.39, 0.29) is 11.6 Å². The molecule has 0 fully saturated rings. The van der Waals surface area contributed by atoms with Gasteiger partial charge in [0.1, 0.15) is 0 Å². The Bertz CT molecular complexity index is 681. The number of nitrogens with one attached hydrogen (secondary N) is 2. The second-order valence-corrected chi connectivity index (χ2v) is 5.90. The van der Waals surface area contributed by atoms with Crippen LogP contribution in [-0.4, -0.2) is 14.3 Å². The minimum Gasteiger partial charge on any atom is -0.321 e. The van der Waals surface area contributed by atoms with Crippen molar-refractivity contribution >= 4 is 38.8 Å². The molecule has 0 saturated carbocycles. The van der Waals surface area contributed by atoms with E-state index in [0.29, 0.717) is 10.6 Å². The number of carbonyl (C=O) groups excluding carboxylic acids is 1. The predicted molar refractivity (Wildman–Crippen MR) is 75.4 cm³/mol. The normalized spacial score (nSPS) is 11.0. The lowest BCUT2D eigenvalue weighted by atomic mass is 10.3. The highest BCUT2D eigenvalue weighted by Gasteiger charge is 2.08. The molecular weight excluding hydrogens is 286 g/mol. The largest absolute Gasteiger partial charge is 0.321 e. The Morgan fingerprint density at radius 3 is 2.53 bits per heavy atom. The topological polar surface area (TPSA) is 101 Å². The van der Waals surface area contributed by atoms with Crippen molar-refractivity contribution in [3.05, 3.63) is 46.7 Å². The van der Waals surface area contributed by atoms with Gasteiger partial charge in [-0.15, -0.1) is 11.3 Å². The minimum atomic E-state index is -3.83. The maximum absolute atomic E-state index is 11.8. The average Bonchev–Trinajstić information content (AvgIpc) is 2.80. The molecule has 1 aromatic carbocycles. The van der Waals surface area contributed by atoms with E-state index in [0.717, 1.165) is 0 Å². The number of carbonyl (C=O) groups is 1. The summed E-state index contributed by atoms with van der Waals surface area (Å²) in [6.45, 7) is 0. The molecule has 1 heterocycles. The number of amides is 1. The molecular formula is C11H11N3O3S2. The fourth-order valence-electron chi connectivity index (χ4n) is 1.43. The zero-order valence-electron chi connectivity index (χ0n) is 9.66. The van der Waals surface area contributed by atoms with Crippen molar-refractivity contribution < 1.29 is 13.2 Å². The average molecular weight is 297 g/mol. The van der Waals surface area contributed by atoms with Gasteiger partial charge in [-0.2, -0.15) is 8.42 Å². The summed E-state index contributed by atoms with van der Waals surface area (Å²) in [6, 6.07) is 9.75. The van der Waals surface area contributed by atoms with Crippen molar-refractivity contribution in [1.82, 2.24) is 0 Å². The summed E-state index contributed by atoms with van der Waals surface area (Å²) in [5.41, 5.74) is 0.763. The first-order chi connectivity index (χ1) is 8.94. The molecule has 8 heteroatoms. The van der Waals surface area contributed by atoms with Gasteiger partial charge in [-0.3, -0.25) is 9.52 Å². The lowest BCUT2D eigenvalue weighted by Gasteiger charge is -2.07. The van der Waals surface area contributed by atoms with E-state index < -0.39 is 10.2 Å². The third kappa shape index (κ3) is 4.05. The first kappa shape index (κ1) is 13.5. The van der Waals surface area contributed by atoms with Gasteiger partial charge >= 0.3 is 0 Å². The molecule has 0 unspecified atom stereocenters. The Morgan fingerprint density at radius 1 is 1.16 bits per heavy atom. The summed E-state index contributed by atoms with van der Waals surface area (Å²) in [6.07, 6.45) is 0. The van der Waals surface area contributed by atoms with Crippen LogP contribution in [0.25, 0.3) is 0 Å². The molecule has 2 aromatic rings. The first-order valence-corrected chi connectivity index (χ1v) is 7.62. The van der Waals surface area contributed by atoms with E-state index >= 15 is 0 Å². The van der Waals surface area contributed by atoms with Crippen LogP contribution >= 0.6 is 11.3 Å². The quantitative estimate of drug-likeness (QED) is 0.799. The molecule has 0 bridgehead atoms. The van der Waals surface area contributed by atoms with Crippen LogP contribution in [0.4, 0.5) is 11.4 Å². The molecule has 0 radical (unpaired) electrons. The predicted octanol–water partition coefficient (Wildman–Crippen LogP) is 1.62. The first-order valence-electron chi connectivity index (χ1n) is 5.19. The van der Waals surface area contributed by atoms with Gasteiger partial charge in [-0.05, 0) is 29.6 Å². The van der Waals surface area contributed by atoms with Crippen LogP contribution in [0.15, 0.2) is 41.8 Å². The highest BCUT2D eigenvalue weighted by atomic mass is 32.2. The third-order valence-corrected chi connectivity index (χ3v) is 3.51. The zero-order valence-corrected chi connectivity index (χ0v) is 11.3. The molecule has 100 valence electrons. The lowest BCUT2D eigenvalue weighted by Crippen LogP contribution is -2.21. The summed E-state index contributed by atoms with van der Waals surface area (Å²) in [5, 5.41) is 9.34. The molecule has 0 aliphatic heterocycles. The Hall–Kier alpha value is -1.90. The lowest BCUT2D eigenvalue weighted by molar-refractivity contribution is 0.103. The maximum Gasteiger partial charge on any atom is 0.296 e. The molecule has 0 atom stereocenters. The Labute approximate surface area is 114 Å². The number of hydrogen-bond acceptors (Lipinski definition) is 4. The van der Waals surface area contributed by atoms with Gasteiger partial charge in [0.15, 0.2) is 0 Å². The van der Waals surface area contributed by atoms with Gasteiger partial charge in [0.25, 0.3) is 16.1 Å². The zero-order chi connectivity index (χ0) is 13.9. The van der Waals surface area contributed by atoms with E-state index in [2.05, 4.69) is 10.0 Å². The van der Waals surface area contributed by atoms with Crippen molar-refractivity contribution in [2.24, 2.45) is 5.14 Å². The third-order valence-electron chi connectivity index (χ3n) is 2.13. The van der Waals surface area contributed by atoms with Gasteiger partial charge in [0.2, 0.25) is 0 Å². The van der Waals surface area contributed by atoms with Crippen molar-refractivity contribution in [2.45, 2.75) is 0 Å². The molecule has 0 saturated heterocycles. The van der Waals surface area contributed by atoms with Crippen LogP contribution in [0.3, 0.4) is 0 Å². The van der Waals surface area contributed by atoms with Gasteiger partial charge in [0.05, 0.1) is 10.6 Å². The Kier molecular flexibility index (Phi) is 3.84. The van der Waals surface area contributed by atoms with Crippen LogP contribution in [0, 0.1) is 0 Å². The summed E-state index contributed by atoms with van der Waals surface area (Å²) < 4.78 is 23.9. The van der Waals surface area contributed by atoms with Gasteiger partial charge in [-0.25, -0.2) is 5.14 Å². The number of rotatable bonds is 4. The van der Waals surface area contributed by atoms with E-state index in [1.165, 1.54) is 23.5 Å². The number of benzene rings is 1. The second kappa shape index (κ2) is 5.39. The standard InChI is InChI=1S/C11H11N3O3S2/c12-19(16,17)14-9-4-1-3-8(7-9)13-11(15)10-5-2-6-18-10/h1-7,14H,(H,13,15)(H2,12,16,17). The summed E-state index contributed by atoms with van der Waals surface area (Å²) >= 11 is 1.32. The molecule has 1 amide bonds. The highest BCUT2D eigenvalue weighted by molar-refractivity contribution is 7.90. The molecule has 1 aromatic heterocycles. The summed E-state index contributed by atoms with van der Waals surface area (Å²) in [4.78, 5) is 12.4. The van der Waals surface area contributed by atoms with Crippen molar-refractivity contribution in [3.63, 3.8) is 0 Å². The number of anilines is 2. The molecule has 6 nitrogen and oxygen atoms in total. The smallest absolute Gasteiger partial charge is 0.296 e. The minimum absolute atomic E-state index is 0.247. The Morgan fingerprint density at radius 2 is 1.89 bits per heavy atom. The van der Waals surface area contributed by atoms with Crippen LogP contribution < -0.4 is 15.2 Å². The van der Waals surface area contributed by atoms with Gasteiger partial charge in [0, 0.05) is 5.69 Å². The second-order valence-electron chi connectivity index (χ2n) is 3.66. The molecule has 2 rings (SSSR count). The van der Waals surface area contributed by atoms with Crippen LogP contribution in [0.1, 0.15) is 9.67 Å². The van der Waals surface area contributed by atoms with E-state index in [1.807, 2.05) is 0 Å². The fourth-order valence-corrected chi connectivity index (χ4v) is 2.50. The van der Waals surface area contributed by atoms with Crippen molar-refractivity contribution in [2.75, 3.05) is 10.0 Å². The van der Waals surface area contributed by atoms with Gasteiger partial charge < -0.3 is 5.32 Å². The summed E-state index contributed by atoms with van der Waals surface area (Å²) in [7, 11) is -3.83. The highest BCUT2D eigenvalue weighted by Crippen LogP contribution is 2.17. The molecule has 0 aliphatic carbocycles. The van der Waals surface area contributed by atoms with E-state index in [4.69, 9.17) is 5.14 Å². The fraction of sp³-hybridized carbons (Fsp3) is 0. The number of hydrogen-bond donors (Lipinski definition) is 3. The molecule has 19 heavy (non-hydrogen) atoms. The molecule has 0 spiro atoms. The Balaban J connectivity index is 2.13. The monoisotopic (exact) mass is 297 g/mol. The van der Waals surface area contributed by atoms with Crippen LogP contribution in [0.5, 0.6) is 0 Å². The molecule has 0 aliphatic rings. The summed E-state index contributed by atoms with van der Waals surface area (Å²) in [5.74, 6) is -0.247. The van der Waals surface area contributed by atoms with Crippen molar-refractivity contribution in [1.29, 1.82) is 0 Å². The van der Waals surface area contributed by atoms with E-state index in [9.17, 15) is 13.2 Å². The SMILES string of the molecule is NS(=O)(=O)Nc1cccc(NC(=O)c2cccs2)c1. The van der Waals surface area contributed by atoms with Crippen molar-refractivity contribution in [3.8, 4) is 0 Å². The maximum atomic E-state index is 11.8. The van der Waals surface area contributed by atoms with Crippen LogP contribution in [0.2, 0.25) is 0 Å². The van der Waals surface area contributed by atoms with E-state index in [1.54, 1.807) is 29.6 Å². The van der Waals surface area contributed by atoms with Crippen LogP contribution in [-0.2, 0) is 10.2 Å². The number of thiophene rings is 1. The number of nitrogens with two attached hydrogens (primary N) is 1. The van der Waals surface area contributed by atoms with Gasteiger partial charge in [-0.1, -0.05) is 12.1 Å².